The molecule has 2 heteroatoms. The van der Waals surface area contributed by atoms with Crippen LogP contribution in [0.4, 0.5) is 0 Å². The van der Waals surface area contributed by atoms with Crippen molar-refractivity contribution in [2.24, 2.45) is 0 Å². The van der Waals surface area contributed by atoms with Crippen molar-refractivity contribution in [2.45, 2.75) is 13.0 Å². The SMILES string of the molecule is CC(O)C1=Cc2ccccc2OC1. The second-order valence-corrected chi connectivity index (χ2v) is 3.22. The first-order chi connectivity index (χ1) is 6.27. The van der Waals surface area contributed by atoms with Gasteiger partial charge in [0.1, 0.15) is 12.4 Å². The molecule has 2 rings (SSSR count). The number of aliphatic hydroxyl groups excluding tert-OH is 1. The van der Waals surface area contributed by atoms with Crippen molar-refractivity contribution in [1.82, 2.24) is 0 Å². The third-order valence-electron chi connectivity index (χ3n) is 2.19. The molecule has 1 atom stereocenters. The van der Waals surface area contributed by atoms with Crippen molar-refractivity contribution in [3.63, 3.8) is 0 Å². The smallest absolute Gasteiger partial charge is 0.127 e. The van der Waals surface area contributed by atoms with Gasteiger partial charge in [-0.3, -0.25) is 0 Å². The Bertz CT molecular complexity index is 340. The van der Waals surface area contributed by atoms with E-state index >= 15 is 0 Å². The minimum atomic E-state index is -0.423. The van der Waals surface area contributed by atoms with E-state index in [4.69, 9.17) is 4.74 Å². The Morgan fingerprint density at radius 3 is 2.92 bits per heavy atom. The standard InChI is InChI=1S/C11H12O2/c1-8(12)10-6-9-4-2-3-5-11(9)13-7-10/h2-6,8,12H,7H2,1H3. The van der Waals surface area contributed by atoms with Gasteiger partial charge in [-0.1, -0.05) is 18.2 Å². The molecule has 0 radical (unpaired) electrons. The monoisotopic (exact) mass is 176 g/mol. The lowest BCUT2D eigenvalue weighted by molar-refractivity contribution is 0.209. The van der Waals surface area contributed by atoms with Crippen LogP contribution < -0.4 is 4.74 Å². The van der Waals surface area contributed by atoms with Crippen molar-refractivity contribution in [1.29, 1.82) is 0 Å². The predicted octanol–water partition coefficient (Wildman–Crippen LogP) is 1.84. The van der Waals surface area contributed by atoms with Gasteiger partial charge < -0.3 is 9.84 Å². The molecule has 0 fully saturated rings. The van der Waals surface area contributed by atoms with Gasteiger partial charge in [-0.2, -0.15) is 0 Å². The lowest BCUT2D eigenvalue weighted by Crippen LogP contribution is -2.16. The van der Waals surface area contributed by atoms with E-state index in [2.05, 4.69) is 0 Å². The first-order valence-electron chi connectivity index (χ1n) is 4.38. The van der Waals surface area contributed by atoms with Crippen molar-refractivity contribution in [2.75, 3.05) is 6.61 Å². The fourth-order valence-corrected chi connectivity index (χ4v) is 1.37. The number of hydrogen-bond donors (Lipinski definition) is 1. The molecule has 0 amide bonds. The molecule has 1 N–H and O–H groups in total. The van der Waals surface area contributed by atoms with Crippen LogP contribution >= 0.6 is 0 Å². The fraction of sp³-hybridized carbons (Fsp3) is 0.273. The van der Waals surface area contributed by atoms with E-state index in [1.165, 1.54) is 0 Å². The van der Waals surface area contributed by atoms with E-state index in [0.29, 0.717) is 6.61 Å². The van der Waals surface area contributed by atoms with Crippen molar-refractivity contribution < 1.29 is 9.84 Å². The van der Waals surface area contributed by atoms with E-state index in [-0.39, 0.29) is 0 Å². The molecule has 2 nitrogen and oxygen atoms in total. The highest BCUT2D eigenvalue weighted by Gasteiger charge is 2.13. The summed E-state index contributed by atoms with van der Waals surface area (Å²) >= 11 is 0. The van der Waals surface area contributed by atoms with E-state index < -0.39 is 6.10 Å². The zero-order chi connectivity index (χ0) is 9.26. The average molecular weight is 176 g/mol. The number of fused-ring (bicyclic) bond motifs is 1. The molecule has 0 spiro atoms. The largest absolute Gasteiger partial charge is 0.489 e. The lowest BCUT2D eigenvalue weighted by Gasteiger charge is -2.19. The minimum Gasteiger partial charge on any atom is -0.489 e. The van der Waals surface area contributed by atoms with Crippen LogP contribution in [0, 0.1) is 0 Å². The molecule has 1 heterocycles. The highest BCUT2D eigenvalue weighted by molar-refractivity contribution is 5.62. The van der Waals surface area contributed by atoms with Crippen LogP contribution in [0.15, 0.2) is 29.8 Å². The summed E-state index contributed by atoms with van der Waals surface area (Å²) < 4.78 is 5.47. The number of benzene rings is 1. The third-order valence-corrected chi connectivity index (χ3v) is 2.19. The average Bonchev–Trinajstić information content (AvgIpc) is 2.17. The Morgan fingerprint density at radius 1 is 1.38 bits per heavy atom. The van der Waals surface area contributed by atoms with E-state index in [1.54, 1.807) is 6.92 Å². The van der Waals surface area contributed by atoms with Crippen LogP contribution in [0.1, 0.15) is 12.5 Å². The number of aliphatic hydroxyl groups is 1. The van der Waals surface area contributed by atoms with Gasteiger partial charge in [0.15, 0.2) is 0 Å². The number of para-hydroxylation sites is 1. The van der Waals surface area contributed by atoms with Gasteiger partial charge >= 0.3 is 0 Å². The highest BCUT2D eigenvalue weighted by atomic mass is 16.5. The normalized spacial score (nSPS) is 16.9. The molecule has 1 aliphatic rings. The second kappa shape index (κ2) is 3.23. The molecule has 1 unspecified atom stereocenters. The van der Waals surface area contributed by atoms with Gasteiger partial charge in [-0.05, 0) is 24.6 Å². The molecule has 0 aliphatic carbocycles. The van der Waals surface area contributed by atoms with E-state index in [1.807, 2.05) is 30.3 Å². The van der Waals surface area contributed by atoms with E-state index in [9.17, 15) is 5.11 Å². The third kappa shape index (κ3) is 1.58. The van der Waals surface area contributed by atoms with Crippen LogP contribution in [0.2, 0.25) is 0 Å². The summed E-state index contributed by atoms with van der Waals surface area (Å²) in [5, 5.41) is 9.35. The minimum absolute atomic E-state index is 0.423. The molecule has 0 aromatic heterocycles. The molecular formula is C11H12O2. The highest BCUT2D eigenvalue weighted by Crippen LogP contribution is 2.26. The van der Waals surface area contributed by atoms with Crippen molar-refractivity contribution in [3.8, 4) is 5.75 Å². The number of hydrogen-bond acceptors (Lipinski definition) is 2. The Hall–Kier alpha value is -1.28. The van der Waals surface area contributed by atoms with Gasteiger partial charge in [0, 0.05) is 5.56 Å². The first-order valence-corrected chi connectivity index (χ1v) is 4.38. The van der Waals surface area contributed by atoms with Crippen LogP contribution in [0.25, 0.3) is 6.08 Å². The molecule has 13 heavy (non-hydrogen) atoms. The van der Waals surface area contributed by atoms with Gasteiger partial charge in [0.2, 0.25) is 0 Å². The Morgan fingerprint density at radius 2 is 2.15 bits per heavy atom. The quantitative estimate of drug-likeness (QED) is 0.707. The van der Waals surface area contributed by atoms with Crippen LogP contribution in [-0.2, 0) is 0 Å². The van der Waals surface area contributed by atoms with Crippen molar-refractivity contribution in [3.05, 3.63) is 35.4 Å². The topological polar surface area (TPSA) is 29.5 Å². The molecule has 0 bridgehead atoms. The summed E-state index contributed by atoms with van der Waals surface area (Å²) in [5.41, 5.74) is 1.98. The predicted molar refractivity (Wildman–Crippen MR) is 51.6 cm³/mol. The zero-order valence-electron chi connectivity index (χ0n) is 7.53. The maximum Gasteiger partial charge on any atom is 0.127 e. The number of ether oxygens (including phenoxy) is 1. The van der Waals surface area contributed by atoms with Gasteiger partial charge in [-0.25, -0.2) is 0 Å². The summed E-state index contributed by atoms with van der Waals surface area (Å²) in [6.07, 6.45) is 1.57. The Labute approximate surface area is 77.5 Å². The summed E-state index contributed by atoms with van der Waals surface area (Å²) in [6.45, 7) is 2.25. The molecule has 1 aromatic rings. The van der Waals surface area contributed by atoms with Crippen molar-refractivity contribution >= 4 is 6.08 Å². The summed E-state index contributed by atoms with van der Waals surface area (Å²) in [6, 6.07) is 7.82. The second-order valence-electron chi connectivity index (χ2n) is 3.22. The molecular weight excluding hydrogens is 164 g/mol. The molecule has 68 valence electrons. The maximum absolute atomic E-state index is 9.35. The van der Waals surface area contributed by atoms with Crippen LogP contribution in [0.5, 0.6) is 5.75 Å². The van der Waals surface area contributed by atoms with Crippen LogP contribution in [0.3, 0.4) is 0 Å². The van der Waals surface area contributed by atoms with Gasteiger partial charge in [0.25, 0.3) is 0 Å². The molecule has 1 aromatic carbocycles. The van der Waals surface area contributed by atoms with E-state index in [0.717, 1.165) is 16.9 Å². The molecule has 0 saturated carbocycles. The number of rotatable bonds is 1. The maximum atomic E-state index is 9.35. The van der Waals surface area contributed by atoms with Crippen LogP contribution in [-0.4, -0.2) is 17.8 Å². The Kier molecular flexibility index (Phi) is 2.07. The fourth-order valence-electron chi connectivity index (χ4n) is 1.37. The van der Waals surface area contributed by atoms with Gasteiger partial charge in [-0.15, -0.1) is 0 Å². The summed E-state index contributed by atoms with van der Waals surface area (Å²) in [7, 11) is 0. The first kappa shape index (κ1) is 8.32. The summed E-state index contributed by atoms with van der Waals surface area (Å²) in [5.74, 6) is 0.895. The lowest BCUT2D eigenvalue weighted by atomic mass is 10.0. The Balaban J connectivity index is 2.38. The molecule has 1 aliphatic heterocycles. The summed E-state index contributed by atoms with van der Waals surface area (Å²) in [4.78, 5) is 0. The molecule has 0 saturated heterocycles. The zero-order valence-corrected chi connectivity index (χ0v) is 7.53. The van der Waals surface area contributed by atoms with Gasteiger partial charge in [0.05, 0.1) is 6.10 Å².